The van der Waals surface area contributed by atoms with E-state index in [1.54, 1.807) is 19.1 Å². The summed E-state index contributed by atoms with van der Waals surface area (Å²) in [4.78, 5) is 21.5. The topological polar surface area (TPSA) is 80.1 Å². The van der Waals surface area contributed by atoms with Gasteiger partial charge in [0.15, 0.2) is 0 Å². The van der Waals surface area contributed by atoms with E-state index in [1.807, 2.05) is 6.92 Å². The predicted molar refractivity (Wildman–Crippen MR) is 105 cm³/mol. The predicted octanol–water partition coefficient (Wildman–Crippen LogP) is 4.00. The van der Waals surface area contributed by atoms with Gasteiger partial charge in [-0.25, -0.2) is 14.4 Å². The molecule has 0 saturated heterocycles. The third kappa shape index (κ3) is 3.69. The van der Waals surface area contributed by atoms with Gasteiger partial charge in [-0.05, 0) is 57.7 Å². The molecule has 0 aliphatic heterocycles. The molecule has 6 nitrogen and oxygen atoms in total. The number of anilines is 1. The van der Waals surface area contributed by atoms with Gasteiger partial charge < -0.3 is 15.1 Å². The minimum absolute atomic E-state index is 0.01000. The number of hydrogen-bond acceptors (Lipinski definition) is 5. The second-order valence-electron chi connectivity index (χ2n) is 7.83. The van der Waals surface area contributed by atoms with Crippen LogP contribution in [0, 0.1) is 12.7 Å². The molecule has 3 aromatic rings. The van der Waals surface area contributed by atoms with Crippen LogP contribution in [0.4, 0.5) is 10.2 Å². The van der Waals surface area contributed by atoms with Crippen LogP contribution in [0.5, 0.6) is 0 Å². The summed E-state index contributed by atoms with van der Waals surface area (Å²) in [6.07, 6.45) is 4.16. The number of nitrogens with zero attached hydrogens (tertiary/aromatic N) is 2. The molecule has 1 saturated carbocycles. The molecule has 1 amide bonds. The molecular formula is C21H23FN4O2. The molecule has 1 unspecified atom stereocenters. The van der Waals surface area contributed by atoms with Crippen LogP contribution in [0.3, 0.4) is 0 Å². The van der Waals surface area contributed by atoms with Gasteiger partial charge in [0.25, 0.3) is 5.91 Å². The van der Waals surface area contributed by atoms with Crippen molar-refractivity contribution in [2.24, 2.45) is 0 Å². The van der Waals surface area contributed by atoms with Crippen molar-refractivity contribution in [3.05, 3.63) is 53.3 Å². The van der Waals surface area contributed by atoms with Gasteiger partial charge in [-0.2, -0.15) is 0 Å². The summed E-state index contributed by atoms with van der Waals surface area (Å²) in [5.41, 5.74) is 1.81. The van der Waals surface area contributed by atoms with Crippen LogP contribution in [0.2, 0.25) is 0 Å². The SMILES string of the molecule is Cc1oc2ncnc(NC3(C)CC3)c2c1C(=O)NC(C)Cc1ccc(F)cc1. The van der Waals surface area contributed by atoms with E-state index in [-0.39, 0.29) is 23.3 Å². The molecule has 1 aliphatic rings. The van der Waals surface area contributed by atoms with Crippen molar-refractivity contribution < 1.29 is 13.6 Å². The Morgan fingerprint density at radius 2 is 2.00 bits per heavy atom. The summed E-state index contributed by atoms with van der Waals surface area (Å²) in [5, 5.41) is 7.03. The number of aryl methyl sites for hydroxylation is 1. The van der Waals surface area contributed by atoms with Crippen LogP contribution < -0.4 is 10.6 Å². The molecule has 7 heteroatoms. The Kier molecular flexibility index (Phi) is 4.53. The molecule has 2 heterocycles. The van der Waals surface area contributed by atoms with E-state index in [1.165, 1.54) is 18.5 Å². The van der Waals surface area contributed by atoms with Gasteiger partial charge in [-0.3, -0.25) is 4.79 Å². The first-order valence-corrected chi connectivity index (χ1v) is 9.42. The van der Waals surface area contributed by atoms with Gasteiger partial charge in [-0.15, -0.1) is 0 Å². The Hall–Kier alpha value is -2.96. The molecular weight excluding hydrogens is 359 g/mol. The van der Waals surface area contributed by atoms with Gasteiger partial charge in [0, 0.05) is 11.6 Å². The average Bonchev–Trinajstić information content (AvgIpc) is 3.25. The van der Waals surface area contributed by atoms with Gasteiger partial charge in [-0.1, -0.05) is 12.1 Å². The van der Waals surface area contributed by atoms with Crippen LogP contribution in [0.15, 0.2) is 35.0 Å². The average molecular weight is 382 g/mol. The highest BCUT2D eigenvalue weighted by molar-refractivity contribution is 6.10. The molecule has 1 fully saturated rings. The van der Waals surface area contributed by atoms with Crippen LogP contribution in [0.1, 0.15) is 48.4 Å². The zero-order chi connectivity index (χ0) is 19.9. The molecule has 2 N–H and O–H groups in total. The first kappa shape index (κ1) is 18.4. The number of furan rings is 1. The highest BCUT2D eigenvalue weighted by Gasteiger charge is 2.38. The standard InChI is InChI=1S/C21H23FN4O2/c1-12(10-14-4-6-15(22)7-5-14)25-19(27)16-13(2)28-20-17(16)18(23-11-24-20)26-21(3)8-9-21/h4-7,11-12H,8-10H2,1-3H3,(H,25,27)(H,23,24,26). The first-order valence-electron chi connectivity index (χ1n) is 9.42. The number of aromatic nitrogens is 2. The Balaban J connectivity index is 1.58. The minimum atomic E-state index is -0.273. The third-order valence-electron chi connectivity index (χ3n) is 5.14. The number of hydrogen-bond donors (Lipinski definition) is 2. The summed E-state index contributed by atoms with van der Waals surface area (Å²) < 4.78 is 18.8. The van der Waals surface area contributed by atoms with E-state index in [2.05, 4.69) is 27.5 Å². The van der Waals surface area contributed by atoms with Crippen LogP contribution in [-0.2, 0) is 6.42 Å². The largest absolute Gasteiger partial charge is 0.442 e. The van der Waals surface area contributed by atoms with E-state index in [9.17, 15) is 9.18 Å². The number of nitrogens with one attached hydrogen (secondary N) is 2. The fourth-order valence-corrected chi connectivity index (χ4v) is 3.33. The monoisotopic (exact) mass is 382 g/mol. The van der Waals surface area contributed by atoms with E-state index >= 15 is 0 Å². The maximum absolute atomic E-state index is 13.1. The second-order valence-corrected chi connectivity index (χ2v) is 7.83. The Morgan fingerprint density at radius 1 is 1.29 bits per heavy atom. The molecule has 1 atom stereocenters. The lowest BCUT2D eigenvalue weighted by molar-refractivity contribution is 0.0940. The zero-order valence-corrected chi connectivity index (χ0v) is 16.2. The fraction of sp³-hybridized carbons (Fsp3) is 0.381. The lowest BCUT2D eigenvalue weighted by atomic mass is 10.1. The highest BCUT2D eigenvalue weighted by Crippen LogP contribution is 2.40. The molecule has 0 bridgehead atoms. The molecule has 0 radical (unpaired) electrons. The van der Waals surface area contributed by atoms with Gasteiger partial charge in [0.2, 0.25) is 5.71 Å². The number of amides is 1. The zero-order valence-electron chi connectivity index (χ0n) is 16.2. The molecule has 2 aromatic heterocycles. The number of carbonyl (C=O) groups is 1. The highest BCUT2D eigenvalue weighted by atomic mass is 19.1. The summed E-state index contributed by atoms with van der Waals surface area (Å²) in [6.45, 7) is 5.79. The van der Waals surface area contributed by atoms with Crippen molar-refractivity contribution in [3.8, 4) is 0 Å². The van der Waals surface area contributed by atoms with E-state index < -0.39 is 0 Å². The van der Waals surface area contributed by atoms with Crippen molar-refractivity contribution in [3.63, 3.8) is 0 Å². The maximum Gasteiger partial charge on any atom is 0.255 e. The van der Waals surface area contributed by atoms with Crippen LogP contribution >= 0.6 is 0 Å². The van der Waals surface area contributed by atoms with Crippen molar-refractivity contribution in [1.29, 1.82) is 0 Å². The summed E-state index contributed by atoms with van der Waals surface area (Å²) in [5.74, 6) is 0.624. The fourth-order valence-electron chi connectivity index (χ4n) is 3.33. The second kappa shape index (κ2) is 6.89. The van der Waals surface area contributed by atoms with E-state index in [0.29, 0.717) is 34.7 Å². The van der Waals surface area contributed by atoms with Crippen molar-refractivity contribution in [2.45, 2.75) is 51.6 Å². The molecule has 0 spiro atoms. The Labute approximate surface area is 162 Å². The number of carbonyl (C=O) groups excluding carboxylic acids is 1. The summed E-state index contributed by atoms with van der Waals surface area (Å²) in [6, 6.07) is 6.16. The molecule has 146 valence electrons. The quantitative estimate of drug-likeness (QED) is 0.674. The third-order valence-corrected chi connectivity index (χ3v) is 5.14. The lowest BCUT2D eigenvalue weighted by Crippen LogP contribution is -2.34. The van der Waals surface area contributed by atoms with Crippen LogP contribution in [-0.4, -0.2) is 27.5 Å². The maximum atomic E-state index is 13.1. The minimum Gasteiger partial charge on any atom is -0.442 e. The molecule has 1 aromatic carbocycles. The van der Waals surface area contributed by atoms with Gasteiger partial charge in [0.1, 0.15) is 23.7 Å². The van der Waals surface area contributed by atoms with Crippen LogP contribution in [0.25, 0.3) is 11.1 Å². The first-order chi connectivity index (χ1) is 13.3. The number of rotatable bonds is 6. The van der Waals surface area contributed by atoms with Gasteiger partial charge in [0.05, 0.1) is 10.9 Å². The summed E-state index contributed by atoms with van der Waals surface area (Å²) in [7, 11) is 0. The van der Waals surface area contributed by atoms with Crippen molar-refractivity contribution in [2.75, 3.05) is 5.32 Å². The molecule has 28 heavy (non-hydrogen) atoms. The molecule has 4 rings (SSSR count). The summed E-state index contributed by atoms with van der Waals surface area (Å²) >= 11 is 0. The number of halogens is 1. The Bertz CT molecular complexity index is 1020. The van der Waals surface area contributed by atoms with E-state index in [0.717, 1.165) is 18.4 Å². The Morgan fingerprint density at radius 3 is 2.68 bits per heavy atom. The smallest absolute Gasteiger partial charge is 0.255 e. The normalized spacial score (nSPS) is 16.0. The lowest BCUT2D eigenvalue weighted by Gasteiger charge is -2.15. The number of benzene rings is 1. The molecule has 1 aliphatic carbocycles. The van der Waals surface area contributed by atoms with Crippen molar-refractivity contribution >= 4 is 22.8 Å². The van der Waals surface area contributed by atoms with E-state index in [4.69, 9.17) is 4.42 Å². The number of fused-ring (bicyclic) bond motifs is 1. The van der Waals surface area contributed by atoms with Crippen molar-refractivity contribution in [1.82, 2.24) is 15.3 Å². The van der Waals surface area contributed by atoms with Gasteiger partial charge >= 0.3 is 0 Å².